The summed E-state index contributed by atoms with van der Waals surface area (Å²) in [5, 5.41) is 0.456. The molecule has 3 amide bonds. The van der Waals surface area contributed by atoms with Crippen molar-refractivity contribution in [2.75, 3.05) is 11.6 Å². The lowest BCUT2D eigenvalue weighted by molar-refractivity contribution is -0.140. The lowest BCUT2D eigenvalue weighted by Gasteiger charge is -2.37. The molecule has 0 aromatic heterocycles. The Morgan fingerprint density at radius 2 is 1.62 bits per heavy atom. The smallest absolute Gasteiger partial charge is 0.259 e. The van der Waals surface area contributed by atoms with Crippen LogP contribution in [-0.2, 0) is 9.59 Å². The molecule has 34 heavy (non-hydrogen) atoms. The van der Waals surface area contributed by atoms with Crippen LogP contribution in [0.25, 0.3) is 0 Å². The summed E-state index contributed by atoms with van der Waals surface area (Å²) in [6, 6.07) is 10.9. The lowest BCUT2D eigenvalue weighted by Crippen LogP contribution is -2.45. The molecule has 4 aliphatic carbocycles. The molecule has 174 valence electrons. The van der Waals surface area contributed by atoms with Crippen LogP contribution in [-0.4, -0.2) is 29.3 Å². The maximum absolute atomic E-state index is 13.7. The van der Waals surface area contributed by atoms with Crippen LogP contribution in [0.5, 0.6) is 0 Å². The van der Waals surface area contributed by atoms with Crippen molar-refractivity contribution in [2.45, 2.75) is 20.3 Å². The third kappa shape index (κ3) is 3.22. The Morgan fingerprint density at radius 3 is 2.21 bits per heavy atom. The second-order valence-corrected chi connectivity index (χ2v) is 11.3. The second kappa shape index (κ2) is 7.79. The van der Waals surface area contributed by atoms with Gasteiger partial charge in [0.15, 0.2) is 0 Å². The number of nitrogens with zero attached hydrogens (tertiary/aromatic N) is 2. The Morgan fingerprint density at radius 1 is 1.03 bits per heavy atom. The fourth-order valence-electron chi connectivity index (χ4n) is 6.33. The summed E-state index contributed by atoms with van der Waals surface area (Å²) in [5.41, 5.74) is 2.93. The first-order valence-corrected chi connectivity index (χ1v) is 12.8. The molecule has 2 saturated carbocycles. The Hall–Kier alpha value is -2.44. The number of rotatable bonds is 4. The van der Waals surface area contributed by atoms with Gasteiger partial charge in [-0.25, -0.2) is 0 Å². The van der Waals surface area contributed by atoms with E-state index in [1.54, 1.807) is 18.2 Å². The first kappa shape index (κ1) is 22.1. The number of aryl methyl sites for hydroxylation is 2. The van der Waals surface area contributed by atoms with Gasteiger partial charge in [0.25, 0.3) is 5.91 Å². The van der Waals surface area contributed by atoms with Crippen LogP contribution in [0.15, 0.2) is 53.0 Å². The molecule has 2 bridgehead atoms. The number of hydrogen-bond donors (Lipinski definition) is 0. The third-order valence-electron chi connectivity index (χ3n) is 8.11. The van der Waals surface area contributed by atoms with Gasteiger partial charge in [0.05, 0.1) is 22.5 Å². The summed E-state index contributed by atoms with van der Waals surface area (Å²) >= 11 is 9.84. The molecule has 0 radical (unpaired) electrons. The average molecular weight is 540 g/mol. The monoisotopic (exact) mass is 538 g/mol. The minimum atomic E-state index is -0.294. The van der Waals surface area contributed by atoms with Crippen LogP contribution in [0.1, 0.15) is 27.9 Å². The molecule has 0 N–H and O–H groups in total. The topological polar surface area (TPSA) is 57.7 Å². The molecule has 1 aliphatic heterocycles. The van der Waals surface area contributed by atoms with Crippen molar-refractivity contribution in [3.05, 3.63) is 74.7 Å². The maximum Gasteiger partial charge on any atom is 0.259 e. The normalized spacial score (nSPS) is 30.4. The molecule has 6 atom stereocenters. The molecule has 3 fully saturated rings. The van der Waals surface area contributed by atoms with Crippen molar-refractivity contribution in [3.63, 3.8) is 0 Å². The van der Waals surface area contributed by atoms with E-state index in [9.17, 15) is 14.4 Å². The van der Waals surface area contributed by atoms with E-state index in [4.69, 9.17) is 11.6 Å². The van der Waals surface area contributed by atoms with Crippen molar-refractivity contribution >= 4 is 50.9 Å². The molecule has 5 nitrogen and oxygen atoms in total. The molecule has 6 unspecified atom stereocenters. The van der Waals surface area contributed by atoms with Gasteiger partial charge in [-0.3, -0.25) is 24.2 Å². The minimum Gasteiger partial charge on any atom is -0.289 e. The van der Waals surface area contributed by atoms with Crippen LogP contribution in [0, 0.1) is 49.4 Å². The van der Waals surface area contributed by atoms with Crippen LogP contribution in [0.2, 0.25) is 5.02 Å². The summed E-state index contributed by atoms with van der Waals surface area (Å²) < 4.78 is 0.722. The molecule has 1 saturated heterocycles. The van der Waals surface area contributed by atoms with Gasteiger partial charge < -0.3 is 0 Å². The van der Waals surface area contributed by atoms with E-state index in [0.717, 1.165) is 22.0 Å². The van der Waals surface area contributed by atoms with E-state index < -0.39 is 0 Å². The highest BCUT2D eigenvalue weighted by molar-refractivity contribution is 9.10. The molecule has 5 aliphatic rings. The van der Waals surface area contributed by atoms with Gasteiger partial charge in [0.1, 0.15) is 6.67 Å². The van der Waals surface area contributed by atoms with Crippen LogP contribution >= 0.6 is 27.5 Å². The van der Waals surface area contributed by atoms with E-state index >= 15 is 0 Å². The third-order valence-corrected chi connectivity index (χ3v) is 9.31. The number of carbonyl (C=O) groups excluding carboxylic acids is 3. The Kier molecular flexibility index (Phi) is 5.05. The number of allylic oxidation sites excluding steroid dienone is 2. The number of imide groups is 1. The van der Waals surface area contributed by atoms with Gasteiger partial charge in [-0.2, -0.15) is 0 Å². The van der Waals surface area contributed by atoms with Gasteiger partial charge in [0.2, 0.25) is 11.8 Å². The molecular weight excluding hydrogens is 516 g/mol. The lowest BCUT2D eigenvalue weighted by atomic mass is 9.63. The molecule has 2 aromatic carbocycles. The zero-order chi connectivity index (χ0) is 23.9. The standard InChI is InChI=1S/C27H24BrClN2O3/c1-13-3-5-15(6-4-13)25(32)30(22-11-21(29)20(28)9-14(22)2)12-31-26(33)23-16-7-8-17(19-10-18(16)19)24(23)27(31)34/h3-9,11,16-19,23-24H,10,12H2,1-2H3. The second-order valence-electron chi connectivity index (χ2n) is 10.1. The fraction of sp³-hybridized carbons (Fsp3) is 0.370. The number of anilines is 1. The molecule has 0 spiro atoms. The van der Waals surface area contributed by atoms with Gasteiger partial charge in [0, 0.05) is 10.0 Å². The molecular formula is C27H24BrClN2O3. The van der Waals surface area contributed by atoms with Crippen LogP contribution in [0.4, 0.5) is 5.69 Å². The number of hydrogen-bond acceptors (Lipinski definition) is 3. The predicted molar refractivity (Wildman–Crippen MR) is 133 cm³/mol. The Bertz CT molecular complexity index is 1240. The number of likely N-dealkylation sites (tertiary alicyclic amines) is 1. The van der Waals surface area contributed by atoms with Gasteiger partial charge in [-0.05, 0) is 89.7 Å². The highest BCUT2D eigenvalue weighted by Crippen LogP contribution is 2.65. The molecule has 7 heteroatoms. The van der Waals surface area contributed by atoms with Crippen molar-refractivity contribution in [3.8, 4) is 0 Å². The van der Waals surface area contributed by atoms with E-state index in [1.807, 2.05) is 32.0 Å². The summed E-state index contributed by atoms with van der Waals surface area (Å²) in [6.07, 6.45) is 5.43. The Labute approximate surface area is 211 Å². The number of benzene rings is 2. The van der Waals surface area contributed by atoms with Gasteiger partial charge >= 0.3 is 0 Å². The minimum absolute atomic E-state index is 0.120. The van der Waals surface area contributed by atoms with Crippen molar-refractivity contribution in [2.24, 2.45) is 35.5 Å². The molecule has 2 aromatic rings. The van der Waals surface area contributed by atoms with Gasteiger partial charge in [-0.15, -0.1) is 0 Å². The number of halogens is 2. The zero-order valence-corrected chi connectivity index (χ0v) is 21.2. The average Bonchev–Trinajstić information content (AvgIpc) is 3.60. The highest BCUT2D eigenvalue weighted by Gasteiger charge is 2.67. The largest absolute Gasteiger partial charge is 0.289 e. The zero-order valence-electron chi connectivity index (χ0n) is 18.9. The summed E-state index contributed by atoms with van der Waals surface area (Å²) in [6.45, 7) is 3.72. The molecule has 7 rings (SSSR count). The van der Waals surface area contributed by atoms with E-state index in [2.05, 4.69) is 28.1 Å². The summed E-state index contributed by atoms with van der Waals surface area (Å²) in [4.78, 5) is 43.7. The summed E-state index contributed by atoms with van der Waals surface area (Å²) in [7, 11) is 0. The van der Waals surface area contributed by atoms with E-state index in [1.165, 1.54) is 9.80 Å². The number of amides is 3. The van der Waals surface area contributed by atoms with Crippen molar-refractivity contribution in [1.82, 2.24) is 4.90 Å². The van der Waals surface area contributed by atoms with Crippen molar-refractivity contribution in [1.29, 1.82) is 0 Å². The SMILES string of the molecule is Cc1ccc(C(=O)N(CN2C(=O)C3C4C=CC(C5CC45)C3C2=O)c2cc(Cl)c(Br)cc2C)cc1. The quantitative estimate of drug-likeness (QED) is 0.387. The van der Waals surface area contributed by atoms with E-state index in [0.29, 0.717) is 28.1 Å². The fourth-order valence-corrected chi connectivity index (χ4v) is 6.94. The van der Waals surface area contributed by atoms with Crippen LogP contribution < -0.4 is 4.90 Å². The first-order chi connectivity index (χ1) is 16.3. The van der Waals surface area contributed by atoms with E-state index in [-0.39, 0.29) is 48.1 Å². The number of carbonyl (C=O) groups is 3. The Balaban J connectivity index is 1.38. The van der Waals surface area contributed by atoms with Crippen molar-refractivity contribution < 1.29 is 14.4 Å². The first-order valence-electron chi connectivity index (χ1n) is 11.6. The highest BCUT2D eigenvalue weighted by atomic mass is 79.9. The van der Waals surface area contributed by atoms with Gasteiger partial charge in [-0.1, -0.05) is 41.4 Å². The van der Waals surface area contributed by atoms with Crippen LogP contribution in [0.3, 0.4) is 0 Å². The maximum atomic E-state index is 13.7. The summed E-state index contributed by atoms with van der Waals surface area (Å²) in [5.74, 6) is 0.189. The predicted octanol–water partition coefficient (Wildman–Crippen LogP) is 5.38. The molecule has 1 heterocycles.